The fraction of sp³-hybridized carbons (Fsp3) is 0.400. The van der Waals surface area contributed by atoms with E-state index in [2.05, 4.69) is 33.0 Å². The average molecular weight is 309 g/mol. The third-order valence-corrected chi connectivity index (χ3v) is 3.81. The highest BCUT2D eigenvalue weighted by atomic mass is 35.5. The highest BCUT2D eigenvalue weighted by molar-refractivity contribution is 5.85. The second kappa shape index (κ2) is 7.56. The predicted molar refractivity (Wildman–Crippen MR) is 85.3 cm³/mol. The Hall–Kier alpha value is -1.40. The lowest BCUT2D eigenvalue weighted by molar-refractivity contribution is 0.146. The zero-order valence-corrected chi connectivity index (χ0v) is 12.6. The molecular weight excluding hydrogens is 288 g/mol. The van der Waals surface area contributed by atoms with E-state index in [0.29, 0.717) is 12.5 Å². The Balaban J connectivity index is 0.00000161. The molecule has 21 heavy (non-hydrogen) atoms. The Labute approximate surface area is 130 Å². The Bertz CT molecular complexity index is 546. The lowest BCUT2D eigenvalue weighted by Gasteiger charge is -2.14. The maximum absolute atomic E-state index is 9.76. The number of aliphatic hydroxyl groups is 1. The Morgan fingerprint density at radius 2 is 2.05 bits per heavy atom. The molecule has 4 N–H and O–H groups in total. The Morgan fingerprint density at radius 3 is 2.76 bits per heavy atom. The molecule has 6 heteroatoms. The molecule has 3 rings (SSSR count). The topological polar surface area (TPSA) is 73.0 Å². The predicted octanol–water partition coefficient (Wildman–Crippen LogP) is 1.17. The largest absolute Gasteiger partial charge is 0.391 e. The number of aromatic nitrogens is 2. The van der Waals surface area contributed by atoms with Gasteiger partial charge in [0.05, 0.1) is 18.0 Å². The highest BCUT2D eigenvalue weighted by Gasteiger charge is 2.24. The Morgan fingerprint density at radius 1 is 1.24 bits per heavy atom. The first kappa shape index (κ1) is 16.0. The molecule has 1 aliphatic heterocycles. The molecule has 2 atom stereocenters. The molecule has 1 fully saturated rings. The van der Waals surface area contributed by atoms with E-state index in [0.717, 1.165) is 36.5 Å². The van der Waals surface area contributed by atoms with Gasteiger partial charge in [-0.2, -0.15) is 5.10 Å². The first-order chi connectivity index (χ1) is 9.84. The smallest absolute Gasteiger partial charge is 0.0716 e. The summed E-state index contributed by atoms with van der Waals surface area (Å²) in [6.07, 6.45) is 1.62. The lowest BCUT2D eigenvalue weighted by Crippen LogP contribution is -2.30. The van der Waals surface area contributed by atoms with E-state index in [9.17, 15) is 5.11 Å². The molecule has 0 spiro atoms. The molecule has 0 bridgehead atoms. The minimum absolute atomic E-state index is 0. The van der Waals surface area contributed by atoms with Gasteiger partial charge in [0, 0.05) is 37.7 Å². The van der Waals surface area contributed by atoms with Gasteiger partial charge in [0.1, 0.15) is 0 Å². The summed E-state index contributed by atoms with van der Waals surface area (Å²) in [5, 5.41) is 23.6. The first-order valence-corrected chi connectivity index (χ1v) is 7.02. The van der Waals surface area contributed by atoms with Crippen molar-refractivity contribution < 1.29 is 5.11 Å². The normalized spacial score (nSPS) is 21.2. The lowest BCUT2D eigenvalue weighted by atomic mass is 10.1. The maximum atomic E-state index is 9.76. The summed E-state index contributed by atoms with van der Waals surface area (Å²) >= 11 is 0. The van der Waals surface area contributed by atoms with Gasteiger partial charge in [0.2, 0.25) is 0 Å². The zero-order chi connectivity index (χ0) is 13.8. The quantitative estimate of drug-likeness (QED) is 0.669. The van der Waals surface area contributed by atoms with Crippen LogP contribution in [0.25, 0.3) is 11.3 Å². The number of β-amino-alcohol motifs (C(OH)–C–C–N with tert-alkyl or cyclic N) is 1. The van der Waals surface area contributed by atoms with Crippen molar-refractivity contribution in [1.82, 2.24) is 20.8 Å². The summed E-state index contributed by atoms with van der Waals surface area (Å²) in [7, 11) is 0. The van der Waals surface area contributed by atoms with Crippen molar-refractivity contribution in [2.75, 3.05) is 19.6 Å². The van der Waals surface area contributed by atoms with E-state index < -0.39 is 0 Å². The number of halogens is 1. The molecule has 5 nitrogen and oxygen atoms in total. The number of nitrogens with one attached hydrogen (secondary N) is 3. The number of hydrogen-bond acceptors (Lipinski definition) is 4. The second-order valence-electron chi connectivity index (χ2n) is 5.25. The molecular formula is C15H21ClN4O. The summed E-state index contributed by atoms with van der Waals surface area (Å²) in [6, 6.07) is 10.2. The van der Waals surface area contributed by atoms with Gasteiger partial charge in [-0.15, -0.1) is 12.4 Å². The molecule has 2 heterocycles. The third kappa shape index (κ3) is 3.83. The second-order valence-corrected chi connectivity index (χ2v) is 5.25. The molecule has 0 aliphatic carbocycles. The molecule has 1 aromatic heterocycles. The average Bonchev–Trinajstić information content (AvgIpc) is 3.10. The SMILES string of the molecule is Cl.OC1CNCC1CNCc1cn[nH]c1-c1ccccc1. The van der Waals surface area contributed by atoms with Gasteiger partial charge in [0.15, 0.2) is 0 Å². The molecule has 0 radical (unpaired) electrons. The first-order valence-electron chi connectivity index (χ1n) is 7.02. The molecule has 1 aromatic carbocycles. The van der Waals surface area contributed by atoms with Gasteiger partial charge >= 0.3 is 0 Å². The monoisotopic (exact) mass is 308 g/mol. The van der Waals surface area contributed by atoms with E-state index in [1.165, 1.54) is 0 Å². The van der Waals surface area contributed by atoms with E-state index >= 15 is 0 Å². The molecule has 2 aromatic rings. The van der Waals surface area contributed by atoms with Gasteiger partial charge < -0.3 is 15.7 Å². The van der Waals surface area contributed by atoms with Crippen LogP contribution in [0, 0.1) is 5.92 Å². The summed E-state index contributed by atoms with van der Waals surface area (Å²) in [6.45, 7) is 3.15. The van der Waals surface area contributed by atoms with Crippen molar-refractivity contribution in [3.8, 4) is 11.3 Å². The van der Waals surface area contributed by atoms with Crippen LogP contribution in [0.4, 0.5) is 0 Å². The van der Waals surface area contributed by atoms with Crippen molar-refractivity contribution in [1.29, 1.82) is 0 Å². The highest BCUT2D eigenvalue weighted by Crippen LogP contribution is 2.20. The molecule has 0 saturated carbocycles. The van der Waals surface area contributed by atoms with Gasteiger partial charge in [0.25, 0.3) is 0 Å². The van der Waals surface area contributed by atoms with Crippen LogP contribution in [0.1, 0.15) is 5.56 Å². The van der Waals surface area contributed by atoms with Gasteiger partial charge in [-0.25, -0.2) is 0 Å². The molecule has 0 amide bonds. The van der Waals surface area contributed by atoms with Crippen molar-refractivity contribution in [2.45, 2.75) is 12.6 Å². The standard InChI is InChI=1S/C15H20N4O.ClH/c20-14-10-17-7-12(14)6-16-8-13-9-18-19-15(13)11-4-2-1-3-5-11;/h1-5,9,12,14,16-17,20H,6-8,10H2,(H,18,19);1H. The van der Waals surface area contributed by atoms with Crippen molar-refractivity contribution >= 4 is 12.4 Å². The van der Waals surface area contributed by atoms with Crippen molar-refractivity contribution in [3.63, 3.8) is 0 Å². The molecule has 114 valence electrons. The van der Waals surface area contributed by atoms with E-state index in [1.807, 2.05) is 24.4 Å². The van der Waals surface area contributed by atoms with Crippen LogP contribution in [0.15, 0.2) is 36.5 Å². The van der Waals surface area contributed by atoms with Crippen LogP contribution in [-0.2, 0) is 6.54 Å². The fourth-order valence-electron chi connectivity index (χ4n) is 2.62. The van der Waals surface area contributed by atoms with Gasteiger partial charge in [-0.3, -0.25) is 5.10 Å². The van der Waals surface area contributed by atoms with E-state index in [4.69, 9.17) is 0 Å². The molecule has 2 unspecified atom stereocenters. The van der Waals surface area contributed by atoms with Crippen LogP contribution < -0.4 is 10.6 Å². The number of rotatable bonds is 5. The van der Waals surface area contributed by atoms with Crippen LogP contribution in [0.3, 0.4) is 0 Å². The summed E-state index contributed by atoms with van der Waals surface area (Å²) < 4.78 is 0. The van der Waals surface area contributed by atoms with Gasteiger partial charge in [-0.1, -0.05) is 30.3 Å². The van der Waals surface area contributed by atoms with Crippen LogP contribution in [0.5, 0.6) is 0 Å². The summed E-state index contributed by atoms with van der Waals surface area (Å²) in [5.74, 6) is 0.294. The number of H-pyrrole nitrogens is 1. The fourth-order valence-corrected chi connectivity index (χ4v) is 2.62. The van der Waals surface area contributed by atoms with Crippen LogP contribution >= 0.6 is 12.4 Å². The van der Waals surface area contributed by atoms with E-state index in [1.54, 1.807) is 0 Å². The van der Waals surface area contributed by atoms with Crippen molar-refractivity contribution in [3.05, 3.63) is 42.1 Å². The number of benzene rings is 1. The van der Waals surface area contributed by atoms with Crippen LogP contribution in [-0.4, -0.2) is 41.0 Å². The number of hydrogen-bond donors (Lipinski definition) is 4. The molecule has 1 saturated heterocycles. The third-order valence-electron chi connectivity index (χ3n) is 3.81. The number of aromatic amines is 1. The zero-order valence-electron chi connectivity index (χ0n) is 11.7. The summed E-state index contributed by atoms with van der Waals surface area (Å²) in [4.78, 5) is 0. The minimum atomic E-state index is -0.236. The molecule has 1 aliphatic rings. The van der Waals surface area contributed by atoms with E-state index in [-0.39, 0.29) is 18.5 Å². The number of aliphatic hydroxyl groups excluding tert-OH is 1. The van der Waals surface area contributed by atoms with Gasteiger partial charge in [-0.05, 0) is 5.56 Å². The van der Waals surface area contributed by atoms with Crippen LogP contribution in [0.2, 0.25) is 0 Å². The van der Waals surface area contributed by atoms with Crippen molar-refractivity contribution in [2.24, 2.45) is 5.92 Å². The Kier molecular flexibility index (Phi) is 5.76. The number of nitrogens with zero attached hydrogens (tertiary/aromatic N) is 1. The summed E-state index contributed by atoms with van der Waals surface area (Å²) in [5.41, 5.74) is 3.35. The minimum Gasteiger partial charge on any atom is -0.391 e. The maximum Gasteiger partial charge on any atom is 0.0716 e.